The number of nitrogens with two attached hydrogens (primary N) is 1. The molecule has 4 aliphatic carbocycles. The molecular weight excluding hydrogens is 403 g/mol. The molecule has 6 atom stereocenters. The number of benzene rings is 2. The van der Waals surface area contributed by atoms with Gasteiger partial charge in [0.2, 0.25) is 0 Å². The van der Waals surface area contributed by atoms with E-state index in [9.17, 15) is 18.3 Å². The summed E-state index contributed by atoms with van der Waals surface area (Å²) in [6.07, 6.45) is 1.97. The third-order valence-electron chi connectivity index (χ3n) is 8.65. The van der Waals surface area contributed by atoms with Crippen LogP contribution >= 0.6 is 0 Å². The number of fused-ring (bicyclic) bond motifs is 4. The van der Waals surface area contributed by atoms with Crippen molar-refractivity contribution in [2.45, 2.75) is 56.7 Å². The first-order chi connectivity index (χ1) is 14.8. The number of phenolic OH excluding ortho intramolecular Hbond substituents is 1. The fourth-order valence-electron chi connectivity index (χ4n) is 7.39. The minimum Gasteiger partial charge on any atom is -0.508 e. The highest BCUT2D eigenvalue weighted by Crippen LogP contribution is 2.75. The Labute approximate surface area is 179 Å². The minimum atomic E-state index is -4.51. The molecule has 3 fully saturated rings. The second-order valence-electron chi connectivity index (χ2n) is 10.0. The summed E-state index contributed by atoms with van der Waals surface area (Å²) in [4.78, 5) is 0. The van der Waals surface area contributed by atoms with Gasteiger partial charge in [0.25, 0.3) is 0 Å². The van der Waals surface area contributed by atoms with E-state index in [1.54, 1.807) is 12.1 Å². The van der Waals surface area contributed by atoms with Crippen LogP contribution in [0.2, 0.25) is 0 Å². The molecule has 0 bridgehead atoms. The maximum atomic E-state index is 13.4. The number of anilines is 1. The zero-order valence-corrected chi connectivity index (χ0v) is 17.2. The molecular formula is C25H26F3NO2. The summed E-state index contributed by atoms with van der Waals surface area (Å²) in [6, 6.07) is 9.46. The van der Waals surface area contributed by atoms with Crippen molar-refractivity contribution in [3.63, 3.8) is 0 Å². The Morgan fingerprint density at radius 3 is 2.65 bits per heavy atom. The van der Waals surface area contributed by atoms with Gasteiger partial charge in [-0.3, -0.25) is 0 Å². The first-order valence-electron chi connectivity index (χ1n) is 11.2. The first kappa shape index (κ1) is 19.3. The van der Waals surface area contributed by atoms with E-state index in [2.05, 4.69) is 0 Å². The van der Waals surface area contributed by atoms with Gasteiger partial charge in [-0.2, -0.15) is 13.2 Å². The molecule has 0 radical (unpaired) electrons. The van der Waals surface area contributed by atoms with Crippen LogP contribution in [-0.4, -0.2) is 11.2 Å². The van der Waals surface area contributed by atoms with Crippen LogP contribution in [0.4, 0.5) is 18.9 Å². The van der Waals surface area contributed by atoms with Crippen LogP contribution in [0.1, 0.15) is 54.7 Å². The fraction of sp³-hybridized carbons (Fsp3) is 0.520. The summed E-state index contributed by atoms with van der Waals surface area (Å²) >= 11 is 0. The van der Waals surface area contributed by atoms with Gasteiger partial charge in [-0.15, -0.1) is 0 Å². The van der Waals surface area contributed by atoms with Gasteiger partial charge in [-0.05, 0) is 103 Å². The predicted molar refractivity (Wildman–Crippen MR) is 111 cm³/mol. The van der Waals surface area contributed by atoms with E-state index in [4.69, 9.17) is 10.5 Å². The molecule has 164 valence electrons. The standard InChI is InChI=1S/C25H26F3NO2/c26-25(27,28)20-10-16(4-8-21(20)29)31-22-12-24-11-14(24)2-7-19(24)18-5-1-13-9-15(30)3-6-17(13)23(18)22/h3-4,6,8-10,14,18-19,22-23,30H,1-2,5,7,11-12,29H2/t14-,18?,19?,22+,23-,24?/m1/s1. The van der Waals surface area contributed by atoms with Crippen LogP contribution in [0.3, 0.4) is 0 Å². The van der Waals surface area contributed by atoms with Crippen LogP contribution in [0, 0.1) is 23.2 Å². The number of ether oxygens (including phenoxy) is 1. The molecule has 6 rings (SSSR count). The minimum absolute atomic E-state index is 0.145. The number of hydrogen-bond donors (Lipinski definition) is 2. The van der Waals surface area contributed by atoms with E-state index in [1.165, 1.54) is 30.9 Å². The molecule has 31 heavy (non-hydrogen) atoms. The lowest BCUT2D eigenvalue weighted by Crippen LogP contribution is -2.46. The molecule has 0 aromatic heterocycles. The lowest BCUT2D eigenvalue weighted by molar-refractivity contribution is -0.137. The normalized spacial score (nSPS) is 35.5. The van der Waals surface area contributed by atoms with Gasteiger partial charge in [-0.1, -0.05) is 6.07 Å². The topological polar surface area (TPSA) is 55.5 Å². The number of rotatable bonds is 2. The predicted octanol–water partition coefficient (Wildman–Crippen LogP) is 5.91. The summed E-state index contributed by atoms with van der Waals surface area (Å²) in [5.41, 5.74) is 7.13. The lowest BCUT2D eigenvalue weighted by atomic mass is 9.57. The number of aromatic hydroxyl groups is 1. The van der Waals surface area contributed by atoms with Crippen LogP contribution < -0.4 is 10.5 Å². The van der Waals surface area contributed by atoms with Crippen LogP contribution in [0.5, 0.6) is 11.5 Å². The average molecular weight is 429 g/mol. The van der Waals surface area contributed by atoms with Crippen LogP contribution in [-0.2, 0) is 12.6 Å². The van der Waals surface area contributed by atoms with E-state index < -0.39 is 11.7 Å². The summed E-state index contributed by atoms with van der Waals surface area (Å²) in [7, 11) is 0. The van der Waals surface area contributed by atoms with E-state index in [-0.39, 0.29) is 29.2 Å². The Balaban J connectivity index is 1.40. The van der Waals surface area contributed by atoms with E-state index >= 15 is 0 Å². The Kier molecular flexibility index (Phi) is 3.95. The van der Waals surface area contributed by atoms with Crippen molar-refractivity contribution < 1.29 is 23.0 Å². The van der Waals surface area contributed by atoms with Gasteiger partial charge in [0.1, 0.15) is 17.6 Å². The van der Waals surface area contributed by atoms with Crippen molar-refractivity contribution in [1.82, 2.24) is 0 Å². The monoisotopic (exact) mass is 429 g/mol. The van der Waals surface area contributed by atoms with Gasteiger partial charge < -0.3 is 15.6 Å². The van der Waals surface area contributed by atoms with Crippen molar-refractivity contribution in [2.75, 3.05) is 5.73 Å². The number of hydrogen-bond acceptors (Lipinski definition) is 3. The Bertz CT molecular complexity index is 1050. The fourth-order valence-corrected chi connectivity index (χ4v) is 7.39. The Morgan fingerprint density at radius 2 is 1.87 bits per heavy atom. The molecule has 2 aromatic carbocycles. The van der Waals surface area contributed by atoms with Gasteiger partial charge in [0, 0.05) is 11.6 Å². The summed E-state index contributed by atoms with van der Waals surface area (Å²) in [6.45, 7) is 0. The second kappa shape index (κ2) is 6.33. The van der Waals surface area contributed by atoms with Gasteiger partial charge in [0.15, 0.2) is 0 Å². The third-order valence-corrected chi connectivity index (χ3v) is 8.65. The zero-order chi connectivity index (χ0) is 21.5. The Morgan fingerprint density at radius 1 is 1.03 bits per heavy atom. The van der Waals surface area contributed by atoms with Gasteiger partial charge >= 0.3 is 6.18 Å². The largest absolute Gasteiger partial charge is 0.508 e. The number of halogens is 3. The second-order valence-corrected chi connectivity index (χ2v) is 10.0. The lowest BCUT2D eigenvalue weighted by Gasteiger charge is -2.49. The summed E-state index contributed by atoms with van der Waals surface area (Å²) in [5.74, 6) is 2.56. The molecule has 3 nitrogen and oxygen atoms in total. The Hall–Kier alpha value is -2.37. The molecule has 0 aliphatic heterocycles. The number of nitrogen functional groups attached to an aromatic ring is 1. The highest BCUT2D eigenvalue weighted by molar-refractivity contribution is 5.52. The molecule has 3 N–H and O–H groups in total. The van der Waals surface area contributed by atoms with Crippen molar-refractivity contribution in [2.24, 2.45) is 23.2 Å². The number of aryl methyl sites for hydroxylation is 1. The average Bonchev–Trinajstić information content (AvgIpc) is 3.28. The smallest absolute Gasteiger partial charge is 0.418 e. The first-order valence-corrected chi connectivity index (χ1v) is 11.2. The van der Waals surface area contributed by atoms with Crippen molar-refractivity contribution >= 4 is 5.69 Å². The van der Waals surface area contributed by atoms with Gasteiger partial charge in [0.05, 0.1) is 5.56 Å². The molecule has 2 aromatic rings. The molecule has 6 heteroatoms. The van der Waals surface area contributed by atoms with E-state index in [1.807, 2.05) is 12.1 Å². The van der Waals surface area contributed by atoms with Gasteiger partial charge in [-0.25, -0.2) is 0 Å². The molecule has 1 spiro atoms. The van der Waals surface area contributed by atoms with E-state index in [0.717, 1.165) is 36.8 Å². The van der Waals surface area contributed by atoms with Crippen molar-refractivity contribution in [3.05, 3.63) is 53.1 Å². The van der Waals surface area contributed by atoms with Crippen molar-refractivity contribution in [3.8, 4) is 11.5 Å². The summed E-state index contributed by atoms with van der Waals surface area (Å²) < 4.78 is 46.6. The summed E-state index contributed by atoms with van der Waals surface area (Å²) in [5, 5.41) is 9.97. The van der Waals surface area contributed by atoms with Crippen molar-refractivity contribution in [1.29, 1.82) is 0 Å². The molecule has 4 aliphatic rings. The molecule has 0 saturated heterocycles. The molecule has 3 unspecified atom stereocenters. The third kappa shape index (κ3) is 2.86. The zero-order valence-electron chi connectivity index (χ0n) is 17.2. The van der Waals surface area contributed by atoms with E-state index in [0.29, 0.717) is 17.3 Å². The number of phenols is 1. The number of alkyl halides is 3. The molecule has 0 heterocycles. The highest BCUT2D eigenvalue weighted by Gasteiger charge is 2.68. The van der Waals surface area contributed by atoms with Crippen LogP contribution in [0.15, 0.2) is 36.4 Å². The maximum absolute atomic E-state index is 13.4. The SMILES string of the molecule is Nc1ccc(O[C@H]2CC34C[C@H]3CCC4C3CCc4cc(O)ccc4[C@H]32)cc1C(F)(F)F. The molecule has 0 amide bonds. The maximum Gasteiger partial charge on any atom is 0.418 e. The quantitative estimate of drug-likeness (QED) is 0.584. The highest BCUT2D eigenvalue weighted by atomic mass is 19.4. The molecule has 3 saturated carbocycles. The van der Waals surface area contributed by atoms with Crippen LogP contribution in [0.25, 0.3) is 0 Å².